The van der Waals surface area contributed by atoms with E-state index in [0.717, 1.165) is 24.9 Å². The summed E-state index contributed by atoms with van der Waals surface area (Å²) in [6.45, 7) is 9.82. The van der Waals surface area contributed by atoms with Crippen LogP contribution in [0, 0.1) is 0 Å². The maximum absolute atomic E-state index is 12.7. The Bertz CT molecular complexity index is 823. The molecule has 27 heavy (non-hydrogen) atoms. The number of amides is 1. The van der Waals surface area contributed by atoms with E-state index < -0.39 is 5.60 Å². The molecule has 146 valence electrons. The van der Waals surface area contributed by atoms with Crippen LogP contribution in [-0.2, 0) is 4.74 Å². The van der Waals surface area contributed by atoms with E-state index in [0.29, 0.717) is 24.4 Å². The van der Waals surface area contributed by atoms with E-state index >= 15 is 0 Å². The molecular weight excluding hydrogens is 366 g/mol. The second-order valence-electron chi connectivity index (χ2n) is 7.75. The lowest BCUT2D eigenvalue weighted by Gasteiger charge is -2.31. The van der Waals surface area contributed by atoms with Crippen LogP contribution >= 0.6 is 11.6 Å². The standard InChI is InChI=1S/C19H26ClN5O2/c1-5-10-25(18(26)27-19(2,3)4)13-8-11-24(12-13)16-15-14(7-6-9-21-15)22-17(20)23-16/h6-7,9,13H,5,8,10-12H2,1-4H3/t13-/m0/s1. The van der Waals surface area contributed by atoms with Gasteiger partial charge in [0, 0.05) is 25.8 Å². The zero-order valence-electron chi connectivity index (χ0n) is 16.3. The molecule has 1 amide bonds. The molecule has 2 aromatic rings. The third-order valence-electron chi connectivity index (χ3n) is 4.41. The number of carbonyl (C=O) groups is 1. The summed E-state index contributed by atoms with van der Waals surface area (Å²) in [4.78, 5) is 29.7. The van der Waals surface area contributed by atoms with Crippen LogP contribution in [0.3, 0.4) is 0 Å². The highest BCUT2D eigenvalue weighted by Gasteiger charge is 2.34. The second kappa shape index (κ2) is 7.84. The van der Waals surface area contributed by atoms with Crippen LogP contribution in [0.2, 0.25) is 5.28 Å². The van der Waals surface area contributed by atoms with E-state index in [1.807, 2.05) is 37.8 Å². The Hall–Kier alpha value is -2.15. The van der Waals surface area contributed by atoms with Gasteiger partial charge >= 0.3 is 6.09 Å². The monoisotopic (exact) mass is 391 g/mol. The molecule has 3 rings (SSSR count). The minimum absolute atomic E-state index is 0.0623. The van der Waals surface area contributed by atoms with Gasteiger partial charge in [0.25, 0.3) is 0 Å². The van der Waals surface area contributed by atoms with E-state index in [2.05, 4.69) is 26.8 Å². The quantitative estimate of drug-likeness (QED) is 0.736. The SMILES string of the molecule is CCCN(C(=O)OC(C)(C)C)[C@H]1CCN(c2nc(Cl)nc3cccnc23)C1. The van der Waals surface area contributed by atoms with E-state index in [4.69, 9.17) is 16.3 Å². The number of hydrogen-bond donors (Lipinski definition) is 0. The second-order valence-corrected chi connectivity index (χ2v) is 8.09. The molecule has 0 N–H and O–H groups in total. The molecule has 0 unspecified atom stereocenters. The summed E-state index contributed by atoms with van der Waals surface area (Å²) in [6, 6.07) is 3.76. The van der Waals surface area contributed by atoms with Crippen LogP contribution in [0.15, 0.2) is 18.3 Å². The number of hydrogen-bond acceptors (Lipinski definition) is 6. The van der Waals surface area contributed by atoms with Crippen molar-refractivity contribution >= 4 is 34.5 Å². The van der Waals surface area contributed by atoms with Crippen LogP contribution in [-0.4, -0.2) is 57.2 Å². The molecule has 2 aromatic heterocycles. The van der Waals surface area contributed by atoms with Crippen molar-refractivity contribution in [1.29, 1.82) is 0 Å². The first-order valence-corrected chi connectivity index (χ1v) is 9.69. The first kappa shape index (κ1) is 19.6. The molecule has 0 bridgehead atoms. The highest BCUT2D eigenvalue weighted by molar-refractivity contribution is 6.28. The lowest BCUT2D eigenvalue weighted by Crippen LogP contribution is -2.45. The molecule has 0 aromatic carbocycles. The average Bonchev–Trinajstić information content (AvgIpc) is 3.06. The largest absolute Gasteiger partial charge is 0.444 e. The van der Waals surface area contributed by atoms with Crippen LogP contribution in [0.25, 0.3) is 11.0 Å². The number of fused-ring (bicyclic) bond motifs is 1. The summed E-state index contributed by atoms with van der Waals surface area (Å²) in [7, 11) is 0. The fraction of sp³-hybridized carbons (Fsp3) is 0.579. The number of nitrogens with zero attached hydrogens (tertiary/aromatic N) is 5. The minimum Gasteiger partial charge on any atom is -0.444 e. The van der Waals surface area contributed by atoms with Gasteiger partial charge < -0.3 is 14.5 Å². The van der Waals surface area contributed by atoms with Gasteiger partial charge in [-0.1, -0.05) is 6.92 Å². The van der Waals surface area contributed by atoms with Crippen molar-refractivity contribution in [3.05, 3.63) is 23.6 Å². The van der Waals surface area contributed by atoms with Crippen LogP contribution < -0.4 is 4.90 Å². The van der Waals surface area contributed by atoms with Gasteiger partial charge in [-0.25, -0.2) is 9.78 Å². The Labute approximate surface area is 164 Å². The maximum Gasteiger partial charge on any atom is 0.410 e. The molecule has 1 aliphatic heterocycles. The summed E-state index contributed by atoms with van der Waals surface area (Å²) in [5.41, 5.74) is 0.928. The molecule has 8 heteroatoms. The summed E-state index contributed by atoms with van der Waals surface area (Å²) < 4.78 is 5.60. The van der Waals surface area contributed by atoms with Crippen molar-refractivity contribution in [2.45, 2.75) is 52.2 Å². The number of rotatable bonds is 4. The molecule has 1 saturated heterocycles. The summed E-state index contributed by atoms with van der Waals surface area (Å²) in [6.07, 6.45) is 3.18. The van der Waals surface area contributed by atoms with Gasteiger partial charge in [-0.05, 0) is 57.3 Å². The first-order chi connectivity index (χ1) is 12.8. The van der Waals surface area contributed by atoms with Crippen LogP contribution in [0.5, 0.6) is 0 Å². The zero-order valence-corrected chi connectivity index (χ0v) is 17.0. The lowest BCUT2D eigenvalue weighted by atomic mass is 10.2. The fourth-order valence-corrected chi connectivity index (χ4v) is 3.49. The van der Waals surface area contributed by atoms with Crippen molar-refractivity contribution in [2.24, 2.45) is 0 Å². The Morgan fingerprint density at radius 3 is 2.89 bits per heavy atom. The topological polar surface area (TPSA) is 71.5 Å². The molecule has 0 radical (unpaired) electrons. The van der Waals surface area contributed by atoms with Gasteiger partial charge in [0.05, 0.1) is 11.6 Å². The van der Waals surface area contributed by atoms with Crippen molar-refractivity contribution in [3.63, 3.8) is 0 Å². The molecule has 0 aliphatic carbocycles. The number of carbonyl (C=O) groups excluding carboxylic acids is 1. The Morgan fingerprint density at radius 2 is 2.19 bits per heavy atom. The molecule has 0 saturated carbocycles. The molecule has 1 atom stereocenters. The normalized spacial score (nSPS) is 17.4. The average molecular weight is 392 g/mol. The molecule has 7 nitrogen and oxygen atoms in total. The molecule has 1 aliphatic rings. The number of aromatic nitrogens is 3. The Morgan fingerprint density at radius 1 is 1.41 bits per heavy atom. The maximum atomic E-state index is 12.7. The van der Waals surface area contributed by atoms with Crippen molar-refractivity contribution in [1.82, 2.24) is 19.9 Å². The number of ether oxygens (including phenoxy) is 1. The number of anilines is 1. The van der Waals surface area contributed by atoms with Crippen LogP contribution in [0.4, 0.5) is 10.6 Å². The van der Waals surface area contributed by atoms with E-state index in [1.165, 1.54) is 0 Å². The van der Waals surface area contributed by atoms with Gasteiger partial charge in [-0.2, -0.15) is 4.98 Å². The highest BCUT2D eigenvalue weighted by atomic mass is 35.5. The third-order valence-corrected chi connectivity index (χ3v) is 4.57. The van der Waals surface area contributed by atoms with Gasteiger partial charge in [0.15, 0.2) is 5.82 Å². The summed E-state index contributed by atoms with van der Waals surface area (Å²) in [5.74, 6) is 0.716. The Balaban J connectivity index is 1.82. The molecule has 3 heterocycles. The highest BCUT2D eigenvalue weighted by Crippen LogP contribution is 2.28. The Kier molecular flexibility index (Phi) is 5.69. The minimum atomic E-state index is -0.512. The van der Waals surface area contributed by atoms with Crippen LogP contribution in [0.1, 0.15) is 40.5 Å². The summed E-state index contributed by atoms with van der Waals surface area (Å²) in [5, 5.41) is 0.200. The lowest BCUT2D eigenvalue weighted by molar-refractivity contribution is 0.0178. The predicted molar refractivity (Wildman–Crippen MR) is 106 cm³/mol. The smallest absolute Gasteiger partial charge is 0.410 e. The van der Waals surface area contributed by atoms with Gasteiger partial charge in [0.2, 0.25) is 5.28 Å². The zero-order chi connectivity index (χ0) is 19.6. The number of halogens is 1. The van der Waals surface area contributed by atoms with E-state index in [-0.39, 0.29) is 17.4 Å². The first-order valence-electron chi connectivity index (χ1n) is 9.31. The van der Waals surface area contributed by atoms with Crippen molar-refractivity contribution in [3.8, 4) is 0 Å². The third kappa shape index (κ3) is 4.58. The van der Waals surface area contributed by atoms with Gasteiger partial charge in [-0.15, -0.1) is 0 Å². The van der Waals surface area contributed by atoms with Gasteiger partial charge in [-0.3, -0.25) is 4.98 Å². The van der Waals surface area contributed by atoms with Gasteiger partial charge in [0.1, 0.15) is 11.1 Å². The fourth-order valence-electron chi connectivity index (χ4n) is 3.32. The molecule has 1 fully saturated rings. The molecule has 0 spiro atoms. The van der Waals surface area contributed by atoms with Crippen molar-refractivity contribution in [2.75, 3.05) is 24.5 Å². The number of pyridine rings is 1. The molecular formula is C19H26ClN5O2. The predicted octanol–water partition coefficient (Wildman–Crippen LogP) is 3.90. The van der Waals surface area contributed by atoms with Crippen molar-refractivity contribution < 1.29 is 9.53 Å². The van der Waals surface area contributed by atoms with E-state index in [9.17, 15) is 4.79 Å². The summed E-state index contributed by atoms with van der Waals surface area (Å²) >= 11 is 6.11. The van der Waals surface area contributed by atoms with E-state index in [1.54, 1.807) is 6.20 Å².